The van der Waals surface area contributed by atoms with Crippen LogP contribution in [0.1, 0.15) is 38.5 Å². The lowest BCUT2D eigenvalue weighted by atomic mass is 9.95. The Morgan fingerprint density at radius 3 is 2.50 bits per heavy atom. The Morgan fingerprint density at radius 1 is 1.42 bits per heavy atom. The summed E-state index contributed by atoms with van der Waals surface area (Å²) in [6.45, 7) is 4.22. The van der Waals surface area contributed by atoms with Gasteiger partial charge in [-0.2, -0.15) is 0 Å². The van der Waals surface area contributed by atoms with Crippen LogP contribution < -0.4 is 0 Å². The summed E-state index contributed by atoms with van der Waals surface area (Å²) in [5.41, 5.74) is 0.934. The van der Waals surface area contributed by atoms with Crippen molar-refractivity contribution in [2.24, 2.45) is 5.92 Å². The maximum Gasteiger partial charge on any atom is 0.0965 e. The van der Waals surface area contributed by atoms with Gasteiger partial charge in [0.2, 0.25) is 0 Å². The van der Waals surface area contributed by atoms with Crippen molar-refractivity contribution in [1.82, 2.24) is 4.98 Å². The van der Waals surface area contributed by atoms with Gasteiger partial charge in [-0.1, -0.05) is 26.7 Å². The van der Waals surface area contributed by atoms with Crippen LogP contribution in [-0.4, -0.2) is 10.1 Å². The van der Waals surface area contributed by atoms with Gasteiger partial charge in [-0.05, 0) is 18.1 Å². The highest BCUT2D eigenvalue weighted by Gasteiger charge is 2.17. The molecule has 0 radical (unpaired) electrons. The molecule has 2 N–H and O–H groups in total. The highest BCUT2D eigenvalue weighted by atomic mass is 16.3. The fraction of sp³-hybridized carbons (Fsp3) is 0.600. The van der Waals surface area contributed by atoms with Gasteiger partial charge >= 0.3 is 0 Å². The zero-order valence-corrected chi connectivity index (χ0v) is 7.75. The van der Waals surface area contributed by atoms with E-state index in [1.54, 1.807) is 0 Å². The van der Waals surface area contributed by atoms with E-state index < -0.39 is 0 Å². The molecule has 0 aliphatic rings. The SMILES string of the molecule is CCC(CC)C(O)c1ccc[nH]1. The van der Waals surface area contributed by atoms with E-state index in [0.717, 1.165) is 18.5 Å². The van der Waals surface area contributed by atoms with Crippen LogP contribution >= 0.6 is 0 Å². The average molecular weight is 167 g/mol. The van der Waals surface area contributed by atoms with E-state index in [-0.39, 0.29) is 6.10 Å². The molecule has 1 aromatic heterocycles. The molecule has 1 atom stereocenters. The van der Waals surface area contributed by atoms with Crippen LogP contribution in [0.4, 0.5) is 0 Å². The second kappa shape index (κ2) is 4.31. The first-order valence-electron chi connectivity index (χ1n) is 4.60. The molecule has 0 saturated carbocycles. The molecule has 12 heavy (non-hydrogen) atoms. The van der Waals surface area contributed by atoms with Gasteiger partial charge in [-0.3, -0.25) is 0 Å². The van der Waals surface area contributed by atoms with Gasteiger partial charge in [0, 0.05) is 11.9 Å². The maximum absolute atomic E-state index is 9.84. The Bertz CT molecular complexity index is 202. The molecule has 0 amide bonds. The van der Waals surface area contributed by atoms with E-state index in [9.17, 15) is 5.11 Å². The monoisotopic (exact) mass is 167 g/mol. The summed E-state index contributed by atoms with van der Waals surface area (Å²) in [6, 6.07) is 3.85. The van der Waals surface area contributed by atoms with Crippen molar-refractivity contribution < 1.29 is 5.11 Å². The maximum atomic E-state index is 9.84. The number of hydrogen-bond acceptors (Lipinski definition) is 1. The van der Waals surface area contributed by atoms with Gasteiger partial charge in [0.15, 0.2) is 0 Å². The average Bonchev–Trinajstić information content (AvgIpc) is 2.58. The molecule has 68 valence electrons. The third kappa shape index (κ3) is 1.89. The number of rotatable bonds is 4. The molecule has 0 saturated heterocycles. The van der Waals surface area contributed by atoms with Gasteiger partial charge in [0.1, 0.15) is 0 Å². The summed E-state index contributed by atoms with van der Waals surface area (Å²) in [4.78, 5) is 3.04. The molecule has 0 aromatic carbocycles. The van der Waals surface area contributed by atoms with E-state index in [0.29, 0.717) is 5.92 Å². The Labute approximate surface area is 73.6 Å². The lowest BCUT2D eigenvalue weighted by molar-refractivity contribution is 0.0996. The largest absolute Gasteiger partial charge is 0.387 e. The fourth-order valence-corrected chi connectivity index (χ4v) is 1.52. The van der Waals surface area contributed by atoms with Gasteiger partial charge in [0.05, 0.1) is 6.10 Å². The van der Waals surface area contributed by atoms with Crippen LogP contribution in [0, 0.1) is 5.92 Å². The molecule has 1 heterocycles. The van der Waals surface area contributed by atoms with Crippen LogP contribution in [0.3, 0.4) is 0 Å². The van der Waals surface area contributed by atoms with Gasteiger partial charge in [-0.15, -0.1) is 0 Å². The van der Waals surface area contributed by atoms with Crippen molar-refractivity contribution in [2.45, 2.75) is 32.8 Å². The summed E-state index contributed by atoms with van der Waals surface area (Å²) in [5.74, 6) is 0.378. The quantitative estimate of drug-likeness (QED) is 0.710. The second-order valence-electron chi connectivity index (χ2n) is 3.15. The highest BCUT2D eigenvalue weighted by molar-refractivity contribution is 5.07. The lowest BCUT2D eigenvalue weighted by Gasteiger charge is -2.18. The van der Waals surface area contributed by atoms with Gasteiger partial charge < -0.3 is 10.1 Å². The predicted molar refractivity (Wildman–Crippen MR) is 49.8 cm³/mol. The van der Waals surface area contributed by atoms with Crippen LogP contribution in [0.2, 0.25) is 0 Å². The Balaban J connectivity index is 2.63. The number of aliphatic hydroxyl groups excluding tert-OH is 1. The topological polar surface area (TPSA) is 36.0 Å². The minimum Gasteiger partial charge on any atom is -0.387 e. The molecule has 2 heteroatoms. The van der Waals surface area contributed by atoms with Crippen LogP contribution in [-0.2, 0) is 0 Å². The van der Waals surface area contributed by atoms with E-state index in [2.05, 4.69) is 18.8 Å². The van der Waals surface area contributed by atoms with E-state index in [1.807, 2.05) is 18.3 Å². The number of H-pyrrole nitrogens is 1. The summed E-state index contributed by atoms with van der Waals surface area (Å²) < 4.78 is 0. The third-order valence-electron chi connectivity index (χ3n) is 2.44. The van der Waals surface area contributed by atoms with E-state index >= 15 is 0 Å². The summed E-state index contributed by atoms with van der Waals surface area (Å²) >= 11 is 0. The minimum absolute atomic E-state index is 0.324. The molecule has 0 spiro atoms. The third-order valence-corrected chi connectivity index (χ3v) is 2.44. The molecule has 0 aliphatic heterocycles. The van der Waals surface area contributed by atoms with E-state index in [4.69, 9.17) is 0 Å². The molecule has 1 aromatic rings. The lowest BCUT2D eigenvalue weighted by Crippen LogP contribution is -2.10. The molecule has 2 nitrogen and oxygen atoms in total. The minimum atomic E-state index is -0.324. The van der Waals surface area contributed by atoms with Crippen molar-refractivity contribution in [3.63, 3.8) is 0 Å². The number of aromatic nitrogens is 1. The summed E-state index contributed by atoms with van der Waals surface area (Å²) in [5, 5.41) is 9.84. The normalized spacial score (nSPS) is 13.7. The Morgan fingerprint density at radius 2 is 2.08 bits per heavy atom. The molecule has 0 fully saturated rings. The smallest absolute Gasteiger partial charge is 0.0965 e. The molecular formula is C10H17NO. The fourth-order valence-electron chi connectivity index (χ4n) is 1.52. The Kier molecular flexibility index (Phi) is 3.35. The standard InChI is InChI=1S/C10H17NO/c1-3-8(4-2)10(12)9-6-5-7-11-9/h5-8,10-12H,3-4H2,1-2H3. The highest BCUT2D eigenvalue weighted by Crippen LogP contribution is 2.25. The predicted octanol–water partition coefficient (Wildman–Crippen LogP) is 2.48. The number of hydrogen-bond donors (Lipinski definition) is 2. The first-order chi connectivity index (χ1) is 5.79. The molecular weight excluding hydrogens is 150 g/mol. The van der Waals surface area contributed by atoms with Crippen molar-refractivity contribution in [3.05, 3.63) is 24.0 Å². The van der Waals surface area contributed by atoms with Crippen LogP contribution in [0.5, 0.6) is 0 Å². The first-order valence-corrected chi connectivity index (χ1v) is 4.60. The summed E-state index contributed by atoms with van der Waals surface area (Å²) in [6.07, 6.45) is 3.57. The van der Waals surface area contributed by atoms with Crippen molar-refractivity contribution >= 4 is 0 Å². The van der Waals surface area contributed by atoms with Gasteiger partial charge in [0.25, 0.3) is 0 Å². The van der Waals surface area contributed by atoms with Crippen LogP contribution in [0.25, 0.3) is 0 Å². The molecule has 0 bridgehead atoms. The molecule has 1 unspecified atom stereocenters. The number of aromatic amines is 1. The first kappa shape index (κ1) is 9.33. The van der Waals surface area contributed by atoms with E-state index in [1.165, 1.54) is 0 Å². The van der Waals surface area contributed by atoms with Crippen molar-refractivity contribution in [3.8, 4) is 0 Å². The summed E-state index contributed by atoms with van der Waals surface area (Å²) in [7, 11) is 0. The Hall–Kier alpha value is -0.760. The number of aliphatic hydroxyl groups is 1. The number of nitrogens with one attached hydrogen (secondary N) is 1. The zero-order valence-electron chi connectivity index (χ0n) is 7.75. The van der Waals surface area contributed by atoms with Crippen molar-refractivity contribution in [2.75, 3.05) is 0 Å². The zero-order chi connectivity index (χ0) is 8.97. The molecule has 0 aliphatic carbocycles. The van der Waals surface area contributed by atoms with Crippen LogP contribution in [0.15, 0.2) is 18.3 Å². The second-order valence-corrected chi connectivity index (χ2v) is 3.15. The van der Waals surface area contributed by atoms with Crippen molar-refractivity contribution in [1.29, 1.82) is 0 Å². The van der Waals surface area contributed by atoms with Gasteiger partial charge in [-0.25, -0.2) is 0 Å². The molecule has 1 rings (SSSR count).